The number of fused-ring (bicyclic) bond motifs is 2. The third-order valence-corrected chi connectivity index (χ3v) is 10.4. The lowest BCUT2D eigenvalue weighted by molar-refractivity contribution is -0.122. The summed E-state index contributed by atoms with van der Waals surface area (Å²) in [6.45, 7) is 3.50. The molecule has 2 N–H and O–H groups in total. The predicted octanol–water partition coefficient (Wildman–Crippen LogP) is 4.76. The Morgan fingerprint density at radius 3 is 2.36 bits per heavy atom. The smallest absolute Gasteiger partial charge is 0.338 e. The van der Waals surface area contributed by atoms with Crippen LogP contribution in [0.25, 0.3) is 0 Å². The van der Waals surface area contributed by atoms with Gasteiger partial charge in [-0.15, -0.1) is 0 Å². The van der Waals surface area contributed by atoms with Gasteiger partial charge in [0.15, 0.2) is 11.5 Å². The number of phenols is 1. The number of aromatic nitrogens is 1. The van der Waals surface area contributed by atoms with E-state index in [4.69, 9.17) is 9.47 Å². The van der Waals surface area contributed by atoms with Gasteiger partial charge in [-0.05, 0) is 80.1 Å². The lowest BCUT2D eigenvalue weighted by atomic mass is 9.83. The number of imide groups is 1. The number of thiazole rings is 1. The molecule has 4 aromatic rings. The molecule has 2 aliphatic rings. The highest BCUT2D eigenvalue weighted by Crippen LogP contribution is 2.54. The number of carbonyl (C=O) groups excluding carboxylic acids is 4. The second kappa shape index (κ2) is 13.0. The highest BCUT2D eigenvalue weighted by Gasteiger charge is 2.57. The van der Waals surface area contributed by atoms with Gasteiger partial charge in [0.2, 0.25) is 17.7 Å². The number of halogens is 1. The molecule has 47 heavy (non-hydrogen) atoms. The molecule has 0 spiro atoms. The van der Waals surface area contributed by atoms with Gasteiger partial charge in [0, 0.05) is 16.5 Å². The number of phenolic OH excluding ortho intramolecular Hbond substituents is 1. The number of hydrogen-bond acceptors (Lipinski definition) is 10. The van der Waals surface area contributed by atoms with Crippen LogP contribution in [0.5, 0.6) is 11.5 Å². The Hall–Kier alpha value is -4.95. The molecule has 0 saturated carbocycles. The van der Waals surface area contributed by atoms with Crippen molar-refractivity contribution in [2.75, 3.05) is 23.4 Å². The Morgan fingerprint density at radius 2 is 1.68 bits per heavy atom. The lowest BCUT2D eigenvalue weighted by Gasteiger charge is -2.31. The second-order valence-electron chi connectivity index (χ2n) is 10.7. The molecular weight excluding hydrogens is 650 g/mol. The maximum atomic E-state index is 14.2. The topological polar surface area (TPSA) is 144 Å². The zero-order chi connectivity index (χ0) is 33.4. The number of rotatable bonds is 9. The van der Waals surface area contributed by atoms with Gasteiger partial charge in [-0.25, -0.2) is 14.1 Å². The first kappa shape index (κ1) is 32.0. The summed E-state index contributed by atoms with van der Waals surface area (Å²) >= 11 is 1.92. The maximum absolute atomic E-state index is 14.2. The number of esters is 1. The fraction of sp³-hybridized carbons (Fsp3) is 0.242. The first-order chi connectivity index (χ1) is 22.6. The lowest BCUT2D eigenvalue weighted by Crippen LogP contribution is -2.33. The first-order valence-corrected chi connectivity index (χ1v) is 16.4. The largest absolute Gasteiger partial charge is 0.504 e. The number of thioether (sulfide) groups is 1. The molecule has 0 bridgehead atoms. The Labute approximate surface area is 275 Å². The number of nitrogens with zero attached hydrogens (tertiary/aromatic N) is 2. The van der Waals surface area contributed by atoms with Gasteiger partial charge in [-0.1, -0.05) is 29.2 Å². The molecule has 3 aromatic carbocycles. The van der Waals surface area contributed by atoms with Gasteiger partial charge < -0.3 is 19.9 Å². The molecule has 6 rings (SSSR count). The van der Waals surface area contributed by atoms with Crippen LogP contribution in [0.1, 0.15) is 40.6 Å². The Kier molecular flexibility index (Phi) is 8.88. The van der Waals surface area contributed by atoms with E-state index in [2.05, 4.69) is 5.32 Å². The van der Waals surface area contributed by atoms with Crippen molar-refractivity contribution < 1.29 is 38.1 Å². The van der Waals surface area contributed by atoms with Crippen molar-refractivity contribution in [3.8, 4) is 11.5 Å². The van der Waals surface area contributed by atoms with Crippen molar-refractivity contribution in [2.45, 2.75) is 36.6 Å². The molecule has 0 radical (unpaired) electrons. The highest BCUT2D eigenvalue weighted by molar-refractivity contribution is 8.00. The molecule has 0 aliphatic carbocycles. The maximum Gasteiger partial charge on any atom is 0.338 e. The Balaban J connectivity index is 1.40. The van der Waals surface area contributed by atoms with Crippen molar-refractivity contribution >= 4 is 58.2 Å². The average molecular weight is 678 g/mol. The van der Waals surface area contributed by atoms with Crippen LogP contribution in [-0.2, 0) is 25.7 Å². The minimum atomic E-state index is -0.963. The predicted molar refractivity (Wildman–Crippen MR) is 173 cm³/mol. The van der Waals surface area contributed by atoms with Crippen LogP contribution in [0.4, 0.5) is 15.8 Å². The van der Waals surface area contributed by atoms with Crippen LogP contribution in [-0.4, -0.2) is 51.8 Å². The fourth-order valence-electron chi connectivity index (χ4n) is 5.70. The summed E-state index contributed by atoms with van der Waals surface area (Å²) in [5, 5.41) is 12.5. The molecule has 3 amide bonds. The van der Waals surface area contributed by atoms with Crippen molar-refractivity contribution in [1.82, 2.24) is 4.57 Å². The molecule has 1 fully saturated rings. The minimum absolute atomic E-state index is 0.113. The van der Waals surface area contributed by atoms with Crippen LogP contribution >= 0.6 is 23.1 Å². The number of ether oxygens (including phenoxy) is 2. The van der Waals surface area contributed by atoms with Gasteiger partial charge in [-0.3, -0.25) is 23.7 Å². The zero-order valence-corrected chi connectivity index (χ0v) is 26.7. The summed E-state index contributed by atoms with van der Waals surface area (Å²) < 4.78 is 25.3. The van der Waals surface area contributed by atoms with E-state index in [1.165, 1.54) is 59.2 Å². The number of benzene rings is 3. The number of aromatic hydroxyl groups is 1. The summed E-state index contributed by atoms with van der Waals surface area (Å²) in [5.41, 5.74) is 1.40. The van der Waals surface area contributed by atoms with Crippen LogP contribution in [0.15, 0.2) is 76.6 Å². The van der Waals surface area contributed by atoms with E-state index in [9.17, 15) is 33.5 Å². The molecule has 1 saturated heterocycles. The van der Waals surface area contributed by atoms with E-state index in [-0.39, 0.29) is 42.5 Å². The van der Waals surface area contributed by atoms with Crippen molar-refractivity contribution in [2.24, 2.45) is 5.92 Å². The van der Waals surface area contributed by atoms with Gasteiger partial charge in [0.05, 0.1) is 35.4 Å². The third-order valence-electron chi connectivity index (χ3n) is 7.76. The van der Waals surface area contributed by atoms with Gasteiger partial charge in [0.25, 0.3) is 0 Å². The molecule has 1 aromatic heterocycles. The quantitative estimate of drug-likeness (QED) is 0.189. The Morgan fingerprint density at radius 1 is 0.957 bits per heavy atom. The van der Waals surface area contributed by atoms with Crippen LogP contribution in [0.3, 0.4) is 0 Å². The zero-order valence-electron chi connectivity index (χ0n) is 25.1. The SMILES string of the molecule is CCOC(=O)c1ccc(N2C(=O)C3Sc4c(sc(=O)n4CC(=O)Nc4ccc(F)cc4)[C@@H](c4ccc(O)c(OCC)c4)C3C2=O)cc1. The second-order valence-corrected chi connectivity index (χ2v) is 12.8. The van der Waals surface area contributed by atoms with Gasteiger partial charge in [0.1, 0.15) is 17.6 Å². The molecule has 242 valence electrons. The fourth-order valence-corrected chi connectivity index (χ4v) is 8.48. The summed E-state index contributed by atoms with van der Waals surface area (Å²) in [7, 11) is 0. The first-order valence-electron chi connectivity index (χ1n) is 14.7. The van der Waals surface area contributed by atoms with Crippen molar-refractivity contribution in [3.63, 3.8) is 0 Å². The monoisotopic (exact) mass is 677 g/mol. The molecule has 11 nitrogen and oxygen atoms in total. The van der Waals surface area contributed by atoms with Crippen LogP contribution < -0.4 is 19.8 Å². The van der Waals surface area contributed by atoms with E-state index >= 15 is 0 Å². The van der Waals surface area contributed by atoms with E-state index in [1.54, 1.807) is 26.0 Å². The number of anilines is 2. The highest BCUT2D eigenvalue weighted by atomic mass is 32.2. The van der Waals surface area contributed by atoms with E-state index < -0.39 is 51.5 Å². The normalized spacial score (nSPS) is 18.4. The van der Waals surface area contributed by atoms with E-state index in [0.717, 1.165) is 28.0 Å². The van der Waals surface area contributed by atoms with E-state index in [0.29, 0.717) is 21.2 Å². The summed E-state index contributed by atoms with van der Waals surface area (Å²) in [6, 6.07) is 15.8. The number of amides is 3. The van der Waals surface area contributed by atoms with Crippen LogP contribution in [0, 0.1) is 11.7 Å². The average Bonchev–Trinajstić information content (AvgIpc) is 3.49. The summed E-state index contributed by atoms with van der Waals surface area (Å²) in [6.07, 6.45) is 0. The number of hydrogen-bond donors (Lipinski definition) is 2. The molecule has 3 heterocycles. The van der Waals surface area contributed by atoms with Gasteiger partial charge in [-0.2, -0.15) is 0 Å². The molecule has 2 aliphatic heterocycles. The molecule has 14 heteroatoms. The minimum Gasteiger partial charge on any atom is -0.504 e. The van der Waals surface area contributed by atoms with Gasteiger partial charge >= 0.3 is 10.8 Å². The molecule has 3 atom stereocenters. The summed E-state index contributed by atoms with van der Waals surface area (Å²) in [4.78, 5) is 67.9. The number of nitrogens with one attached hydrogen (secondary N) is 1. The van der Waals surface area contributed by atoms with Crippen molar-refractivity contribution in [1.29, 1.82) is 0 Å². The Bertz CT molecular complexity index is 1940. The standard InChI is InChI=1S/C33H28FN3O8S2/c1-3-44-23-15-18(7-14-22(23)38)25-26-27(30(41)37(29(26)40)21-12-5-17(6-13-21)32(42)45-4-2)46-31-28(25)47-33(43)36(31)16-24(39)35-20-10-8-19(34)9-11-20/h5-15,25-27,38H,3-4,16H2,1-2H3,(H,35,39)/t25-,26?,27?/m0/s1. The third kappa shape index (κ3) is 6.01. The van der Waals surface area contributed by atoms with Crippen molar-refractivity contribution in [3.05, 3.63) is 98.2 Å². The molecular formula is C33H28FN3O8S2. The molecule has 2 unspecified atom stereocenters. The van der Waals surface area contributed by atoms with Crippen LogP contribution in [0.2, 0.25) is 0 Å². The summed E-state index contributed by atoms with van der Waals surface area (Å²) in [5.74, 6) is -4.24. The number of carbonyl (C=O) groups is 4. The van der Waals surface area contributed by atoms with E-state index in [1.807, 2.05) is 0 Å².